The Kier molecular flexibility index (Phi) is 4.74. The molecule has 2 amide bonds. The summed E-state index contributed by atoms with van der Waals surface area (Å²) in [6, 6.07) is -1.61. The molecule has 0 bridgehead atoms. The van der Waals surface area contributed by atoms with E-state index in [1.807, 2.05) is 13.8 Å². The van der Waals surface area contributed by atoms with E-state index in [1.54, 1.807) is 4.90 Å². The normalized spacial score (nSPS) is 18.9. The van der Waals surface area contributed by atoms with Crippen LogP contribution in [0, 0.1) is 0 Å². The monoisotopic (exact) mass is 272 g/mol. The van der Waals surface area contributed by atoms with Crippen LogP contribution in [-0.4, -0.2) is 51.2 Å². The van der Waals surface area contributed by atoms with E-state index in [1.165, 1.54) is 0 Å². The number of rotatable bonds is 5. The van der Waals surface area contributed by atoms with Crippen molar-refractivity contribution in [3.63, 3.8) is 0 Å². The third-order valence-electron chi connectivity index (χ3n) is 3.39. The number of carbonyl (C=O) groups excluding carboxylic acids is 1. The zero-order chi connectivity index (χ0) is 14.6. The lowest BCUT2D eigenvalue weighted by atomic mass is 10.0. The van der Waals surface area contributed by atoms with Gasteiger partial charge in [0, 0.05) is 18.5 Å². The molecule has 0 aliphatic carbocycles. The Labute approximate surface area is 111 Å². The van der Waals surface area contributed by atoms with Crippen LogP contribution in [0.1, 0.15) is 39.5 Å². The number of carbonyl (C=O) groups is 3. The maximum absolute atomic E-state index is 12.0. The summed E-state index contributed by atoms with van der Waals surface area (Å²) in [6.07, 6.45) is 1.34. The van der Waals surface area contributed by atoms with Crippen molar-refractivity contribution in [2.24, 2.45) is 0 Å². The molecule has 1 fully saturated rings. The molecule has 1 saturated heterocycles. The first kappa shape index (κ1) is 15.3. The first-order chi connectivity index (χ1) is 8.74. The van der Waals surface area contributed by atoms with E-state index in [0.29, 0.717) is 6.54 Å². The van der Waals surface area contributed by atoms with E-state index in [2.05, 4.69) is 5.32 Å². The highest BCUT2D eigenvalue weighted by molar-refractivity contribution is 5.83. The average Bonchev–Trinajstić information content (AvgIpc) is 2.63. The minimum Gasteiger partial charge on any atom is -0.481 e. The molecule has 3 N–H and O–H groups in total. The van der Waals surface area contributed by atoms with Gasteiger partial charge in [-0.3, -0.25) is 4.79 Å². The van der Waals surface area contributed by atoms with Gasteiger partial charge in [0.05, 0.1) is 0 Å². The summed E-state index contributed by atoms with van der Waals surface area (Å²) in [5.41, 5.74) is -0.292. The smallest absolute Gasteiger partial charge is 0.326 e. The summed E-state index contributed by atoms with van der Waals surface area (Å²) in [5, 5.41) is 19.9. The Morgan fingerprint density at radius 3 is 2.37 bits per heavy atom. The molecule has 0 aromatic heterocycles. The molecule has 1 atom stereocenters. The lowest BCUT2D eigenvalue weighted by molar-refractivity contribution is -0.140. The summed E-state index contributed by atoms with van der Waals surface area (Å²) < 4.78 is 0. The van der Waals surface area contributed by atoms with Crippen molar-refractivity contribution in [2.45, 2.75) is 51.1 Å². The molecule has 0 spiro atoms. The van der Waals surface area contributed by atoms with Crippen LogP contribution in [0.15, 0.2) is 0 Å². The van der Waals surface area contributed by atoms with Crippen LogP contribution >= 0.6 is 0 Å². The SMILES string of the molecule is CC1(C)CCCN1C(=O)NC(CCC(=O)O)C(=O)O. The van der Waals surface area contributed by atoms with Gasteiger partial charge in [-0.15, -0.1) is 0 Å². The molecular weight excluding hydrogens is 252 g/mol. The van der Waals surface area contributed by atoms with Crippen LogP contribution in [0.25, 0.3) is 0 Å². The lowest BCUT2D eigenvalue weighted by Crippen LogP contribution is -2.52. The average molecular weight is 272 g/mol. The number of hydrogen-bond acceptors (Lipinski definition) is 3. The number of carboxylic acid groups (broad SMARTS) is 2. The molecule has 1 aliphatic heterocycles. The Bertz CT molecular complexity index is 380. The molecule has 7 heteroatoms. The minimum atomic E-state index is -1.22. The summed E-state index contributed by atoms with van der Waals surface area (Å²) in [7, 11) is 0. The lowest BCUT2D eigenvalue weighted by Gasteiger charge is -2.32. The van der Waals surface area contributed by atoms with Gasteiger partial charge >= 0.3 is 18.0 Å². The van der Waals surface area contributed by atoms with Crippen LogP contribution in [-0.2, 0) is 9.59 Å². The van der Waals surface area contributed by atoms with E-state index in [4.69, 9.17) is 10.2 Å². The Morgan fingerprint density at radius 1 is 1.32 bits per heavy atom. The van der Waals surface area contributed by atoms with Gasteiger partial charge in [-0.05, 0) is 33.1 Å². The summed E-state index contributed by atoms with van der Waals surface area (Å²) in [5.74, 6) is -2.30. The van der Waals surface area contributed by atoms with E-state index in [9.17, 15) is 14.4 Å². The number of aliphatic carboxylic acids is 2. The van der Waals surface area contributed by atoms with Gasteiger partial charge in [0.25, 0.3) is 0 Å². The second-order valence-corrected chi connectivity index (χ2v) is 5.34. The van der Waals surface area contributed by atoms with Crippen LogP contribution in [0.4, 0.5) is 4.79 Å². The van der Waals surface area contributed by atoms with Gasteiger partial charge in [0.2, 0.25) is 0 Å². The first-order valence-electron chi connectivity index (χ1n) is 6.27. The number of nitrogens with zero attached hydrogens (tertiary/aromatic N) is 1. The fourth-order valence-corrected chi connectivity index (χ4v) is 2.24. The topological polar surface area (TPSA) is 107 Å². The molecule has 1 rings (SSSR count). The van der Waals surface area contributed by atoms with E-state index in [-0.39, 0.29) is 18.4 Å². The summed E-state index contributed by atoms with van der Waals surface area (Å²) in [4.78, 5) is 35.1. The molecule has 0 radical (unpaired) electrons. The summed E-state index contributed by atoms with van der Waals surface area (Å²) >= 11 is 0. The van der Waals surface area contributed by atoms with Crippen LogP contribution in [0.5, 0.6) is 0 Å². The van der Waals surface area contributed by atoms with Crippen molar-refractivity contribution in [1.82, 2.24) is 10.2 Å². The predicted octanol–water partition coefficient (Wildman–Crippen LogP) is 0.888. The van der Waals surface area contributed by atoms with Gasteiger partial charge < -0.3 is 20.4 Å². The Balaban J connectivity index is 2.61. The molecule has 7 nitrogen and oxygen atoms in total. The molecule has 108 valence electrons. The van der Waals surface area contributed by atoms with Crippen LogP contribution in [0.2, 0.25) is 0 Å². The van der Waals surface area contributed by atoms with Crippen molar-refractivity contribution in [3.05, 3.63) is 0 Å². The molecule has 1 aliphatic rings. The highest BCUT2D eigenvalue weighted by Crippen LogP contribution is 2.28. The zero-order valence-electron chi connectivity index (χ0n) is 11.2. The number of nitrogens with one attached hydrogen (secondary N) is 1. The number of carboxylic acids is 2. The van der Waals surface area contributed by atoms with Gasteiger partial charge in [-0.2, -0.15) is 0 Å². The van der Waals surface area contributed by atoms with Crippen molar-refractivity contribution in [1.29, 1.82) is 0 Å². The second kappa shape index (κ2) is 5.90. The predicted molar refractivity (Wildman–Crippen MR) is 66.8 cm³/mol. The molecule has 0 aromatic carbocycles. The standard InChI is InChI=1S/C12H20N2O5/c1-12(2)6-3-7-14(12)11(19)13-8(10(17)18)4-5-9(15)16/h8H,3-7H2,1-2H3,(H,13,19)(H,15,16)(H,17,18). The summed E-state index contributed by atoms with van der Waals surface area (Å²) in [6.45, 7) is 4.43. The van der Waals surface area contributed by atoms with Crippen molar-refractivity contribution in [3.8, 4) is 0 Å². The maximum atomic E-state index is 12.0. The number of hydrogen-bond donors (Lipinski definition) is 3. The van der Waals surface area contributed by atoms with Crippen LogP contribution in [0.3, 0.4) is 0 Å². The number of likely N-dealkylation sites (tertiary alicyclic amines) is 1. The fraction of sp³-hybridized carbons (Fsp3) is 0.750. The highest BCUT2D eigenvalue weighted by atomic mass is 16.4. The third-order valence-corrected chi connectivity index (χ3v) is 3.39. The molecule has 19 heavy (non-hydrogen) atoms. The number of amides is 2. The number of urea groups is 1. The van der Waals surface area contributed by atoms with E-state index >= 15 is 0 Å². The van der Waals surface area contributed by atoms with Gasteiger partial charge in [0.15, 0.2) is 0 Å². The van der Waals surface area contributed by atoms with Crippen molar-refractivity contribution in [2.75, 3.05) is 6.54 Å². The minimum absolute atomic E-state index is 0.120. The second-order valence-electron chi connectivity index (χ2n) is 5.34. The van der Waals surface area contributed by atoms with Crippen LogP contribution < -0.4 is 5.32 Å². The van der Waals surface area contributed by atoms with Crippen molar-refractivity contribution < 1.29 is 24.6 Å². The quantitative estimate of drug-likeness (QED) is 0.689. The highest BCUT2D eigenvalue weighted by Gasteiger charge is 2.36. The van der Waals surface area contributed by atoms with E-state index in [0.717, 1.165) is 12.8 Å². The molecule has 0 saturated carbocycles. The molecular formula is C12H20N2O5. The largest absolute Gasteiger partial charge is 0.481 e. The van der Waals surface area contributed by atoms with Gasteiger partial charge in [-0.1, -0.05) is 0 Å². The molecule has 1 unspecified atom stereocenters. The first-order valence-corrected chi connectivity index (χ1v) is 6.27. The van der Waals surface area contributed by atoms with E-state index < -0.39 is 24.0 Å². The molecule has 0 aromatic rings. The van der Waals surface area contributed by atoms with Crippen molar-refractivity contribution >= 4 is 18.0 Å². The maximum Gasteiger partial charge on any atom is 0.326 e. The Morgan fingerprint density at radius 2 is 1.95 bits per heavy atom. The Hall–Kier alpha value is -1.79. The third kappa shape index (κ3) is 4.11. The fourth-order valence-electron chi connectivity index (χ4n) is 2.24. The van der Waals surface area contributed by atoms with Gasteiger partial charge in [0.1, 0.15) is 6.04 Å². The van der Waals surface area contributed by atoms with Gasteiger partial charge in [-0.25, -0.2) is 9.59 Å². The zero-order valence-corrected chi connectivity index (χ0v) is 11.2. The molecule has 1 heterocycles.